The third-order valence-electron chi connectivity index (χ3n) is 4.85. The van der Waals surface area contributed by atoms with Crippen molar-refractivity contribution in [1.29, 1.82) is 0 Å². The summed E-state index contributed by atoms with van der Waals surface area (Å²) in [5.41, 5.74) is 1.04. The molecule has 29 heavy (non-hydrogen) atoms. The first-order valence-electron chi connectivity index (χ1n) is 8.93. The van der Waals surface area contributed by atoms with Crippen LogP contribution in [0.1, 0.15) is 15.9 Å². The molecule has 3 rings (SSSR count). The fourth-order valence-corrected chi connectivity index (χ4v) is 3.46. The Hall–Kier alpha value is -3.69. The van der Waals surface area contributed by atoms with Crippen LogP contribution in [0.15, 0.2) is 36.4 Å². The predicted molar refractivity (Wildman–Crippen MR) is 107 cm³/mol. The van der Waals surface area contributed by atoms with E-state index >= 15 is 0 Å². The van der Waals surface area contributed by atoms with Crippen molar-refractivity contribution in [3.8, 4) is 0 Å². The van der Waals surface area contributed by atoms with Crippen LogP contribution < -0.4 is 9.80 Å². The van der Waals surface area contributed by atoms with Crippen LogP contribution in [0.5, 0.6) is 0 Å². The number of non-ortho nitro benzene ring substituents is 1. The number of piperazine rings is 1. The fraction of sp³-hybridized carbons (Fsp3) is 0.316. The second kappa shape index (κ2) is 8.13. The van der Waals surface area contributed by atoms with Crippen LogP contribution in [0.25, 0.3) is 0 Å². The van der Waals surface area contributed by atoms with Crippen molar-refractivity contribution >= 4 is 28.7 Å². The molecule has 1 aliphatic rings. The summed E-state index contributed by atoms with van der Waals surface area (Å²) >= 11 is 0. The van der Waals surface area contributed by atoms with E-state index in [0.717, 1.165) is 30.5 Å². The lowest BCUT2D eigenvalue weighted by Crippen LogP contribution is -2.47. The molecule has 152 valence electrons. The number of hydrogen-bond acceptors (Lipinski definition) is 8. The van der Waals surface area contributed by atoms with E-state index in [1.165, 1.54) is 0 Å². The number of esters is 1. The van der Waals surface area contributed by atoms with Crippen molar-refractivity contribution in [2.24, 2.45) is 0 Å². The van der Waals surface area contributed by atoms with E-state index in [4.69, 9.17) is 4.74 Å². The van der Waals surface area contributed by atoms with Crippen molar-refractivity contribution in [3.63, 3.8) is 0 Å². The maximum absolute atomic E-state index is 12.2. The fourth-order valence-electron chi connectivity index (χ4n) is 3.46. The standard InChI is InChI=1S/C19H20N4O6/c1-13-4-3-5-14(10-13)20-6-8-21(9-7-20)18-16(19(24)29-2)11-15(22(25)26)12-17(18)23(27)28/h3-5,10-12H,6-9H2,1-2H3. The molecule has 0 spiro atoms. The smallest absolute Gasteiger partial charge is 0.340 e. The topological polar surface area (TPSA) is 119 Å². The second-order valence-electron chi connectivity index (χ2n) is 6.68. The zero-order chi connectivity index (χ0) is 21.1. The van der Waals surface area contributed by atoms with E-state index in [0.29, 0.717) is 26.2 Å². The summed E-state index contributed by atoms with van der Waals surface area (Å²) in [4.78, 5) is 37.4. The molecule has 2 aromatic rings. The number of rotatable bonds is 5. The number of benzene rings is 2. The van der Waals surface area contributed by atoms with Crippen LogP contribution in [0.3, 0.4) is 0 Å². The number of carbonyl (C=O) groups excluding carboxylic acids is 1. The average molecular weight is 400 g/mol. The Kier molecular flexibility index (Phi) is 5.62. The van der Waals surface area contributed by atoms with E-state index in [-0.39, 0.29) is 11.3 Å². The molecule has 0 bridgehead atoms. The zero-order valence-electron chi connectivity index (χ0n) is 16.0. The minimum Gasteiger partial charge on any atom is -0.465 e. The Morgan fingerprint density at radius 1 is 1.00 bits per heavy atom. The van der Waals surface area contributed by atoms with Gasteiger partial charge in [-0.2, -0.15) is 0 Å². The highest BCUT2D eigenvalue weighted by Gasteiger charge is 2.33. The van der Waals surface area contributed by atoms with Gasteiger partial charge in [-0.05, 0) is 24.6 Å². The first-order valence-corrected chi connectivity index (χ1v) is 8.93. The maximum atomic E-state index is 12.2. The molecule has 1 heterocycles. The van der Waals surface area contributed by atoms with Gasteiger partial charge in [0.25, 0.3) is 11.4 Å². The minimum atomic E-state index is -0.854. The summed E-state index contributed by atoms with van der Waals surface area (Å²) in [5.74, 6) is -0.854. The number of nitro benzene ring substituents is 2. The monoisotopic (exact) mass is 400 g/mol. The highest BCUT2D eigenvalue weighted by molar-refractivity contribution is 5.99. The Bertz CT molecular complexity index is 969. The number of nitro groups is 2. The number of ether oxygens (including phenoxy) is 1. The van der Waals surface area contributed by atoms with Gasteiger partial charge < -0.3 is 14.5 Å². The third kappa shape index (κ3) is 4.10. The first kappa shape index (κ1) is 20.1. The van der Waals surface area contributed by atoms with Gasteiger partial charge in [0, 0.05) is 37.9 Å². The molecular formula is C19H20N4O6. The molecule has 1 fully saturated rings. The molecule has 0 saturated carbocycles. The van der Waals surface area contributed by atoms with E-state index in [1.54, 1.807) is 4.90 Å². The summed E-state index contributed by atoms with van der Waals surface area (Å²) < 4.78 is 4.72. The van der Waals surface area contributed by atoms with E-state index < -0.39 is 27.2 Å². The summed E-state index contributed by atoms with van der Waals surface area (Å²) in [7, 11) is 1.13. The molecule has 0 aliphatic carbocycles. The SMILES string of the molecule is COC(=O)c1cc([N+](=O)[O-])cc([N+](=O)[O-])c1N1CCN(c2cccc(C)c2)CC1. The molecule has 1 saturated heterocycles. The number of hydrogen-bond donors (Lipinski definition) is 0. The largest absolute Gasteiger partial charge is 0.465 e. The summed E-state index contributed by atoms with van der Waals surface area (Å²) in [5, 5.41) is 22.8. The number of aryl methyl sites for hydroxylation is 1. The predicted octanol–water partition coefficient (Wildman–Crippen LogP) is 2.92. The van der Waals surface area contributed by atoms with Gasteiger partial charge in [-0.25, -0.2) is 4.79 Å². The molecule has 1 aliphatic heterocycles. The van der Waals surface area contributed by atoms with Gasteiger partial charge in [-0.1, -0.05) is 12.1 Å². The zero-order valence-corrected chi connectivity index (χ0v) is 16.0. The van der Waals surface area contributed by atoms with E-state index in [1.807, 2.05) is 25.1 Å². The molecule has 10 nitrogen and oxygen atoms in total. The van der Waals surface area contributed by atoms with Gasteiger partial charge in [-0.15, -0.1) is 0 Å². The summed E-state index contributed by atoms with van der Waals surface area (Å²) in [6.07, 6.45) is 0. The van der Waals surface area contributed by atoms with Crippen LogP contribution >= 0.6 is 0 Å². The third-order valence-corrected chi connectivity index (χ3v) is 4.85. The van der Waals surface area contributed by atoms with Gasteiger partial charge in [0.1, 0.15) is 5.69 Å². The summed E-state index contributed by atoms with van der Waals surface area (Å²) in [6.45, 7) is 3.99. The Morgan fingerprint density at radius 2 is 1.66 bits per heavy atom. The van der Waals surface area contributed by atoms with Crippen molar-refractivity contribution in [3.05, 3.63) is 67.8 Å². The lowest BCUT2D eigenvalue weighted by Gasteiger charge is -2.37. The van der Waals surface area contributed by atoms with Gasteiger partial charge in [-0.3, -0.25) is 20.2 Å². The van der Waals surface area contributed by atoms with Crippen LogP contribution in [-0.2, 0) is 4.74 Å². The highest BCUT2D eigenvalue weighted by atomic mass is 16.6. The average Bonchev–Trinajstić information content (AvgIpc) is 2.72. The van der Waals surface area contributed by atoms with Crippen LogP contribution in [0, 0.1) is 27.2 Å². The van der Waals surface area contributed by atoms with Gasteiger partial charge in [0.2, 0.25) is 0 Å². The van der Waals surface area contributed by atoms with Crippen molar-refractivity contribution in [1.82, 2.24) is 0 Å². The summed E-state index contributed by atoms with van der Waals surface area (Å²) in [6, 6.07) is 9.94. The molecule has 0 aromatic heterocycles. The van der Waals surface area contributed by atoms with Crippen LogP contribution in [0.2, 0.25) is 0 Å². The van der Waals surface area contributed by atoms with E-state index in [9.17, 15) is 25.0 Å². The lowest BCUT2D eigenvalue weighted by atomic mass is 10.1. The molecule has 0 amide bonds. The maximum Gasteiger partial charge on any atom is 0.340 e. The van der Waals surface area contributed by atoms with Crippen molar-refractivity contribution < 1.29 is 19.4 Å². The number of nitrogens with zero attached hydrogens (tertiary/aromatic N) is 4. The molecule has 2 aromatic carbocycles. The molecule has 0 radical (unpaired) electrons. The molecule has 0 N–H and O–H groups in total. The highest BCUT2D eigenvalue weighted by Crippen LogP contribution is 2.37. The first-order chi connectivity index (χ1) is 13.8. The normalized spacial score (nSPS) is 13.9. The Morgan fingerprint density at radius 3 is 2.21 bits per heavy atom. The molecule has 0 unspecified atom stereocenters. The van der Waals surface area contributed by atoms with Crippen molar-refractivity contribution in [2.75, 3.05) is 43.1 Å². The van der Waals surface area contributed by atoms with Gasteiger partial charge in [0.05, 0.1) is 28.6 Å². The lowest BCUT2D eigenvalue weighted by molar-refractivity contribution is -0.393. The molecule has 10 heteroatoms. The Labute approximate surface area is 166 Å². The van der Waals surface area contributed by atoms with E-state index in [2.05, 4.69) is 11.0 Å². The molecule has 0 atom stereocenters. The number of carbonyl (C=O) groups is 1. The quantitative estimate of drug-likeness (QED) is 0.427. The van der Waals surface area contributed by atoms with Gasteiger partial charge in [0.15, 0.2) is 0 Å². The minimum absolute atomic E-state index is 0.0522. The number of anilines is 2. The second-order valence-corrected chi connectivity index (χ2v) is 6.68. The van der Waals surface area contributed by atoms with Crippen LogP contribution in [-0.4, -0.2) is 49.1 Å². The van der Waals surface area contributed by atoms with Gasteiger partial charge >= 0.3 is 5.97 Å². The molecular weight excluding hydrogens is 380 g/mol. The van der Waals surface area contributed by atoms with Crippen molar-refractivity contribution in [2.45, 2.75) is 6.92 Å². The number of methoxy groups -OCH3 is 1. The Balaban J connectivity index is 1.96. The van der Waals surface area contributed by atoms with Crippen LogP contribution in [0.4, 0.5) is 22.7 Å².